The predicted molar refractivity (Wildman–Crippen MR) is 507 cm³/mol. The van der Waals surface area contributed by atoms with Crippen molar-refractivity contribution in [3.05, 3.63) is 186 Å². The lowest BCUT2D eigenvalue weighted by Gasteiger charge is -2.26. The van der Waals surface area contributed by atoms with Crippen molar-refractivity contribution >= 4 is 115 Å². The van der Waals surface area contributed by atoms with Crippen LogP contribution in [0.1, 0.15) is 204 Å². The first-order chi connectivity index (χ1) is 61.8. The molecule has 0 saturated carbocycles. The van der Waals surface area contributed by atoms with Gasteiger partial charge >= 0.3 is 0 Å². The van der Waals surface area contributed by atoms with Gasteiger partial charge in [0.1, 0.15) is 46.0 Å². The fraction of sp³-hybridized carbons (Fsp3) is 0.375. The molecule has 0 aliphatic heterocycles. The summed E-state index contributed by atoms with van der Waals surface area (Å²) < 4.78 is 1.35. The SMILES string of the molecule is CN(C)CCNc1ccc(O)c2c1C(=O)c1c(O)ccc(NCCCC(=N)CCCCC(N)=NCCNc3ccc(O)c4c3C(=O)c3c(O)ccc(NCCN(C)C)c3C4=O)c1C2=O.C[N+](C)(C)CCNc1ccc(O)c2c1C(=O)c1c(O)ccc(NCCCC(=N)CCCCC(N)=NCCNc3ccc(O)c4c3C(=O)c3c(O)ccc(NCC[N+](C)(C)C)c3C4=O)c1C2=O. The van der Waals surface area contributed by atoms with Crippen LogP contribution in [-0.4, -0.2) is 291 Å². The quantitative estimate of drug-likeness (QED) is 0.00554. The standard InChI is InChI=1S/C49H61N9O8.C47H57N9O8/c1-57(2,3)26-24-54-31-15-19-35(61)44-40(31)48(65)42-33(59)17-13-29(38(42)46(44)63)52-21-9-11-28(50)10-7-8-12-37(51)56-23-22-53-30-14-18-34(60)43-39(30)47(64)45-36(62)20-16-32(41(45)49(43)66)55-25-27-58(4,5)6;1-55(2)24-22-52-29-13-17-33(59)42-38(29)46(63)40-31(57)15-11-27(36(40)44(42)61)50-19-7-9-26(48)8-5-6-10-35(49)54-21-20-51-28-12-16-32(58)41-37(28)45(62)43-34(60)18-14-30(39(43)47(41)64)53-23-25-56(3)4/h13-20,50H,7-12,21-27H2,1-6H3,(H8-2,51,52,53,54,55,56,59,60,61,62,63,64,65,66);11-18,48,50-53,57-60H,5-10,19-25H2,1-4H3,(H2,49,54)/p+2. The van der Waals surface area contributed by atoms with Gasteiger partial charge in [-0.1, -0.05) is 0 Å². The highest BCUT2D eigenvalue weighted by Crippen LogP contribution is 2.48. The molecule has 22 N–H and O–H groups in total. The molecule has 130 heavy (non-hydrogen) atoms. The molecule has 0 radical (unpaired) electrons. The number of rotatable bonds is 44. The molecule has 8 aromatic carbocycles. The van der Waals surface area contributed by atoms with Gasteiger partial charge in [-0.05, 0) is 189 Å². The molecule has 34 heteroatoms. The summed E-state index contributed by atoms with van der Waals surface area (Å²) in [7, 11) is 19.9. The molecule has 8 aromatic rings. The molecular formula is C96H120N18O16+2. The van der Waals surface area contributed by atoms with Crippen LogP contribution in [0.25, 0.3) is 0 Å². The average molecular weight is 1780 g/mol. The Bertz CT molecular complexity index is 5830. The number of phenolic OH excluding ortho intramolecular Hbond substituents is 8. The Kier molecular flexibility index (Phi) is 31.5. The van der Waals surface area contributed by atoms with E-state index in [-0.39, 0.29) is 161 Å². The first kappa shape index (κ1) is 96.7. The molecule has 12 rings (SSSR count). The highest BCUT2D eigenvalue weighted by molar-refractivity contribution is 6.37. The summed E-state index contributed by atoms with van der Waals surface area (Å²) in [5.41, 5.74) is 15.6. The third-order valence-electron chi connectivity index (χ3n) is 22.8. The monoisotopic (exact) mass is 1780 g/mol. The molecule has 0 unspecified atom stereocenters. The number of benzene rings is 8. The Morgan fingerprint density at radius 1 is 0.277 bits per heavy atom. The lowest BCUT2D eigenvalue weighted by Crippen LogP contribution is -2.38. The number of aromatic hydroxyl groups is 8. The summed E-state index contributed by atoms with van der Waals surface area (Å²) in [5, 5.41) is 128. The lowest BCUT2D eigenvalue weighted by molar-refractivity contribution is -0.868. The summed E-state index contributed by atoms with van der Waals surface area (Å²) in [6, 6.07) is 23.3. The van der Waals surface area contributed by atoms with Crippen LogP contribution >= 0.6 is 0 Å². The van der Waals surface area contributed by atoms with Gasteiger partial charge in [-0.25, -0.2) is 0 Å². The van der Waals surface area contributed by atoms with Crippen LogP contribution in [0.2, 0.25) is 0 Å². The number of fused-ring (bicyclic) bond motifs is 8. The summed E-state index contributed by atoms with van der Waals surface area (Å²) >= 11 is 0. The molecule has 34 nitrogen and oxygen atoms in total. The van der Waals surface area contributed by atoms with E-state index in [1.807, 2.05) is 80.3 Å². The van der Waals surface area contributed by atoms with Gasteiger partial charge in [0, 0.05) is 122 Å². The molecule has 0 atom stereocenters. The number of carbonyl (C=O) groups is 8. The Hall–Kier alpha value is -14.0. The maximum Gasteiger partial charge on any atom is 0.200 e. The summed E-state index contributed by atoms with van der Waals surface area (Å²) in [6.45, 7) is 6.67. The van der Waals surface area contributed by atoms with Gasteiger partial charge in [0.2, 0.25) is 46.3 Å². The Balaban J connectivity index is 0.000000251. The van der Waals surface area contributed by atoms with E-state index in [1.165, 1.54) is 72.8 Å². The largest absolute Gasteiger partial charge is 0.507 e. The Morgan fingerprint density at radius 3 is 0.669 bits per heavy atom. The number of nitrogens with two attached hydrogens (primary N) is 2. The molecule has 0 saturated heterocycles. The molecule has 0 amide bonds. The van der Waals surface area contributed by atoms with Gasteiger partial charge < -0.3 is 124 Å². The molecular weight excluding hydrogens is 1660 g/mol. The number of quaternary nitrogens is 2. The molecule has 0 spiro atoms. The van der Waals surface area contributed by atoms with Crippen molar-refractivity contribution in [3.63, 3.8) is 0 Å². The topological polar surface area (TPSA) is 526 Å². The minimum Gasteiger partial charge on any atom is -0.507 e. The van der Waals surface area contributed by atoms with Crippen LogP contribution in [0.15, 0.2) is 107 Å². The third kappa shape index (κ3) is 22.6. The second-order valence-corrected chi connectivity index (χ2v) is 35.3. The van der Waals surface area contributed by atoms with Crippen LogP contribution in [0.4, 0.5) is 45.5 Å². The minimum absolute atomic E-state index is 0.000335. The normalized spacial score (nSPS) is 13.3. The number of aliphatic imine (C=N–C) groups is 2. The maximum atomic E-state index is 13.9. The molecule has 0 aromatic heterocycles. The maximum absolute atomic E-state index is 13.9. The number of hydrogen-bond donors (Lipinski definition) is 20. The van der Waals surface area contributed by atoms with Crippen molar-refractivity contribution in [3.8, 4) is 46.0 Å². The zero-order chi connectivity index (χ0) is 94.3. The van der Waals surface area contributed by atoms with Crippen LogP contribution in [0.3, 0.4) is 0 Å². The number of phenols is 8. The highest BCUT2D eigenvalue weighted by atomic mass is 16.3. The fourth-order valence-electron chi connectivity index (χ4n) is 16.0. The highest BCUT2D eigenvalue weighted by Gasteiger charge is 2.43. The first-order valence-electron chi connectivity index (χ1n) is 43.6. The van der Waals surface area contributed by atoms with E-state index in [1.54, 1.807) is 24.3 Å². The Morgan fingerprint density at radius 2 is 0.462 bits per heavy atom. The van der Waals surface area contributed by atoms with E-state index in [2.05, 4.69) is 52.5 Å². The van der Waals surface area contributed by atoms with E-state index in [0.29, 0.717) is 201 Å². The van der Waals surface area contributed by atoms with E-state index in [9.17, 15) is 79.2 Å². The smallest absolute Gasteiger partial charge is 0.200 e. The van der Waals surface area contributed by atoms with E-state index >= 15 is 0 Å². The number of ketones is 8. The van der Waals surface area contributed by atoms with Crippen molar-refractivity contribution in [1.82, 2.24) is 9.80 Å². The first-order valence-corrected chi connectivity index (χ1v) is 43.6. The van der Waals surface area contributed by atoms with Gasteiger partial charge in [0.15, 0.2) is 0 Å². The number of nitrogens with one attached hydrogen (secondary N) is 10. The number of nitrogens with zero attached hydrogens (tertiary/aromatic N) is 6. The zero-order valence-electron chi connectivity index (χ0n) is 75.3. The van der Waals surface area contributed by atoms with Crippen molar-refractivity contribution in [2.45, 2.75) is 77.0 Å². The number of anilines is 8. The van der Waals surface area contributed by atoms with Gasteiger partial charge in [-0.3, -0.25) is 48.3 Å². The van der Waals surface area contributed by atoms with Crippen LogP contribution < -0.4 is 54.0 Å². The van der Waals surface area contributed by atoms with E-state index in [0.717, 1.165) is 19.5 Å². The molecule has 0 heterocycles. The zero-order valence-corrected chi connectivity index (χ0v) is 75.3. The van der Waals surface area contributed by atoms with E-state index < -0.39 is 46.3 Å². The lowest BCUT2D eigenvalue weighted by atomic mass is 9.81. The number of likely N-dealkylation sites (N-methyl/N-ethyl adjacent to an activating group) is 4. The summed E-state index contributed by atoms with van der Waals surface area (Å²) in [4.78, 5) is 123. The van der Waals surface area contributed by atoms with Crippen LogP contribution in [-0.2, 0) is 0 Å². The number of carbonyl (C=O) groups excluding carboxylic acids is 8. The molecule has 0 fully saturated rings. The number of unbranched alkanes of at least 4 members (excludes halogenated alkanes) is 2. The molecule has 4 aliphatic carbocycles. The van der Waals surface area contributed by atoms with E-state index in [4.69, 9.17) is 22.3 Å². The Labute approximate surface area is 755 Å². The van der Waals surface area contributed by atoms with Crippen molar-refractivity contribution in [2.75, 3.05) is 205 Å². The predicted octanol–water partition coefficient (Wildman–Crippen LogP) is 10.8. The van der Waals surface area contributed by atoms with Gasteiger partial charge in [-0.15, -0.1) is 0 Å². The van der Waals surface area contributed by atoms with Crippen molar-refractivity contribution in [2.24, 2.45) is 21.5 Å². The minimum atomic E-state index is -0.585. The number of hydrogen-bond acceptors (Lipinski definition) is 30. The van der Waals surface area contributed by atoms with Gasteiger partial charge in [-0.2, -0.15) is 0 Å². The number of amidine groups is 2. The summed E-state index contributed by atoms with van der Waals surface area (Å²) in [5.74, 6) is -6.29. The van der Waals surface area contributed by atoms with Gasteiger partial charge in [0.05, 0.1) is 182 Å². The summed E-state index contributed by atoms with van der Waals surface area (Å²) in [6.07, 6.45) is 7.13. The van der Waals surface area contributed by atoms with Gasteiger partial charge in [0.25, 0.3) is 0 Å². The van der Waals surface area contributed by atoms with Crippen LogP contribution in [0.5, 0.6) is 46.0 Å². The average Bonchev–Trinajstić information content (AvgIpc) is 0.747. The molecule has 4 aliphatic rings. The van der Waals surface area contributed by atoms with Crippen molar-refractivity contribution < 1.29 is 88.2 Å². The van der Waals surface area contributed by atoms with Crippen LogP contribution in [0, 0.1) is 10.8 Å². The fourth-order valence-corrected chi connectivity index (χ4v) is 16.0. The molecule has 688 valence electrons. The second kappa shape index (κ2) is 42.3. The molecule has 0 bridgehead atoms. The third-order valence-corrected chi connectivity index (χ3v) is 22.8. The van der Waals surface area contributed by atoms with Crippen molar-refractivity contribution in [1.29, 1.82) is 10.8 Å². The second-order valence-electron chi connectivity index (χ2n) is 35.3.